The summed E-state index contributed by atoms with van der Waals surface area (Å²) >= 11 is 0. The van der Waals surface area contributed by atoms with Crippen molar-refractivity contribution in [2.75, 3.05) is 7.11 Å². The molecule has 0 bridgehead atoms. The van der Waals surface area contributed by atoms with E-state index in [2.05, 4.69) is 9.97 Å². The lowest BCUT2D eigenvalue weighted by Crippen LogP contribution is -2.03. The zero-order chi connectivity index (χ0) is 15.4. The zero-order valence-electron chi connectivity index (χ0n) is 12.4. The Bertz CT molecular complexity index is 772. The van der Waals surface area contributed by atoms with Gasteiger partial charge >= 0.3 is 0 Å². The van der Waals surface area contributed by atoms with Gasteiger partial charge in [0.1, 0.15) is 5.75 Å². The molecule has 0 atom stereocenters. The second-order valence-electron chi connectivity index (χ2n) is 4.87. The summed E-state index contributed by atoms with van der Waals surface area (Å²) < 4.78 is 5.28. The third-order valence-corrected chi connectivity index (χ3v) is 3.39. The first-order valence-corrected chi connectivity index (χ1v) is 7.08. The molecular formula is C18H17N3O. The van der Waals surface area contributed by atoms with Crippen molar-refractivity contribution in [3.05, 3.63) is 66.4 Å². The van der Waals surface area contributed by atoms with E-state index < -0.39 is 0 Å². The van der Waals surface area contributed by atoms with E-state index in [0.717, 1.165) is 28.3 Å². The van der Waals surface area contributed by atoms with Crippen LogP contribution in [0.3, 0.4) is 0 Å². The molecule has 0 amide bonds. The Morgan fingerprint density at radius 1 is 0.909 bits per heavy atom. The number of methoxy groups -OCH3 is 1. The van der Waals surface area contributed by atoms with Gasteiger partial charge in [0.25, 0.3) is 0 Å². The normalized spacial score (nSPS) is 10.5. The van der Waals surface area contributed by atoms with Gasteiger partial charge in [0.05, 0.1) is 18.5 Å². The molecule has 110 valence electrons. The first-order chi connectivity index (χ1) is 10.8. The van der Waals surface area contributed by atoms with Gasteiger partial charge < -0.3 is 10.5 Å². The molecule has 0 fully saturated rings. The average molecular weight is 291 g/mol. The van der Waals surface area contributed by atoms with Crippen molar-refractivity contribution in [2.45, 2.75) is 6.54 Å². The lowest BCUT2D eigenvalue weighted by atomic mass is 10.1. The molecule has 0 aliphatic rings. The fourth-order valence-corrected chi connectivity index (χ4v) is 2.25. The van der Waals surface area contributed by atoms with Gasteiger partial charge in [0, 0.05) is 17.7 Å². The molecule has 2 aromatic carbocycles. The highest BCUT2D eigenvalue weighted by atomic mass is 16.5. The lowest BCUT2D eigenvalue weighted by molar-refractivity contribution is 0.415. The van der Waals surface area contributed by atoms with Crippen LogP contribution in [0.1, 0.15) is 5.69 Å². The quantitative estimate of drug-likeness (QED) is 0.801. The van der Waals surface area contributed by atoms with Gasteiger partial charge in [-0.15, -0.1) is 0 Å². The monoisotopic (exact) mass is 291 g/mol. The number of nitrogens with zero attached hydrogens (tertiary/aromatic N) is 2. The van der Waals surface area contributed by atoms with E-state index in [4.69, 9.17) is 10.5 Å². The maximum atomic E-state index is 5.78. The van der Waals surface area contributed by atoms with E-state index in [1.807, 2.05) is 60.7 Å². The van der Waals surface area contributed by atoms with Gasteiger partial charge in [-0.2, -0.15) is 0 Å². The van der Waals surface area contributed by atoms with E-state index in [1.165, 1.54) is 0 Å². The summed E-state index contributed by atoms with van der Waals surface area (Å²) in [6.07, 6.45) is 0. The van der Waals surface area contributed by atoms with E-state index >= 15 is 0 Å². The molecule has 22 heavy (non-hydrogen) atoms. The Balaban J connectivity index is 2.11. The van der Waals surface area contributed by atoms with Crippen LogP contribution in [0, 0.1) is 0 Å². The molecule has 0 saturated heterocycles. The highest BCUT2D eigenvalue weighted by molar-refractivity contribution is 5.65. The van der Waals surface area contributed by atoms with Crippen molar-refractivity contribution in [3.8, 4) is 28.4 Å². The maximum Gasteiger partial charge on any atom is 0.160 e. The Hall–Kier alpha value is -2.72. The molecule has 3 rings (SSSR count). The molecule has 0 aliphatic carbocycles. The SMILES string of the molecule is COc1cccc(-c2cc(CN)nc(-c3ccccc3)n2)c1. The molecule has 0 spiro atoms. The number of rotatable bonds is 4. The van der Waals surface area contributed by atoms with Crippen LogP contribution in [0.15, 0.2) is 60.7 Å². The van der Waals surface area contributed by atoms with Crippen LogP contribution in [0.5, 0.6) is 5.75 Å². The summed E-state index contributed by atoms with van der Waals surface area (Å²) in [6.45, 7) is 0.374. The largest absolute Gasteiger partial charge is 0.497 e. The van der Waals surface area contributed by atoms with Crippen molar-refractivity contribution >= 4 is 0 Å². The first kappa shape index (κ1) is 14.2. The highest BCUT2D eigenvalue weighted by Crippen LogP contribution is 2.25. The van der Waals surface area contributed by atoms with Crippen LogP contribution >= 0.6 is 0 Å². The Labute approximate surface area is 129 Å². The van der Waals surface area contributed by atoms with Gasteiger partial charge in [-0.3, -0.25) is 0 Å². The van der Waals surface area contributed by atoms with Crippen molar-refractivity contribution in [1.29, 1.82) is 0 Å². The number of ether oxygens (including phenoxy) is 1. The fraction of sp³-hybridized carbons (Fsp3) is 0.111. The highest BCUT2D eigenvalue weighted by Gasteiger charge is 2.08. The van der Waals surface area contributed by atoms with Crippen LogP contribution in [0.2, 0.25) is 0 Å². The number of benzene rings is 2. The first-order valence-electron chi connectivity index (χ1n) is 7.08. The van der Waals surface area contributed by atoms with Crippen molar-refractivity contribution in [2.24, 2.45) is 5.73 Å². The van der Waals surface area contributed by atoms with E-state index in [0.29, 0.717) is 12.4 Å². The molecule has 2 N–H and O–H groups in total. The van der Waals surface area contributed by atoms with Crippen molar-refractivity contribution in [3.63, 3.8) is 0 Å². The van der Waals surface area contributed by atoms with Crippen LogP contribution < -0.4 is 10.5 Å². The molecule has 4 heteroatoms. The van der Waals surface area contributed by atoms with Crippen molar-refractivity contribution < 1.29 is 4.74 Å². The molecule has 0 radical (unpaired) electrons. The Morgan fingerprint density at radius 2 is 1.68 bits per heavy atom. The zero-order valence-corrected chi connectivity index (χ0v) is 12.4. The van der Waals surface area contributed by atoms with Gasteiger partial charge in [0.2, 0.25) is 0 Å². The molecule has 0 saturated carbocycles. The van der Waals surface area contributed by atoms with Crippen LogP contribution in [-0.2, 0) is 6.54 Å². The second kappa shape index (κ2) is 6.37. The maximum absolute atomic E-state index is 5.78. The number of hydrogen-bond donors (Lipinski definition) is 1. The van der Waals surface area contributed by atoms with E-state index in [1.54, 1.807) is 7.11 Å². The molecule has 1 aromatic heterocycles. The standard InChI is InChI=1S/C18H17N3O/c1-22-16-9-5-8-14(10-16)17-11-15(12-19)20-18(21-17)13-6-3-2-4-7-13/h2-11H,12,19H2,1H3. The predicted molar refractivity (Wildman–Crippen MR) is 87.3 cm³/mol. The number of nitrogens with two attached hydrogens (primary N) is 1. The lowest BCUT2D eigenvalue weighted by Gasteiger charge is -2.08. The van der Waals surface area contributed by atoms with Gasteiger partial charge in [-0.1, -0.05) is 42.5 Å². The molecule has 1 heterocycles. The summed E-state index contributed by atoms with van der Waals surface area (Å²) in [4.78, 5) is 9.20. The summed E-state index contributed by atoms with van der Waals surface area (Å²) in [5, 5.41) is 0. The Kier molecular flexibility index (Phi) is 4.12. The molecule has 3 aromatic rings. The minimum Gasteiger partial charge on any atom is -0.497 e. The fourth-order valence-electron chi connectivity index (χ4n) is 2.25. The van der Waals surface area contributed by atoms with E-state index in [9.17, 15) is 0 Å². The van der Waals surface area contributed by atoms with Crippen LogP contribution in [0.4, 0.5) is 0 Å². The number of hydrogen-bond acceptors (Lipinski definition) is 4. The summed E-state index contributed by atoms with van der Waals surface area (Å²) in [6, 6.07) is 19.6. The minimum absolute atomic E-state index is 0.374. The van der Waals surface area contributed by atoms with Gasteiger partial charge in [0.15, 0.2) is 5.82 Å². The molecule has 0 aliphatic heterocycles. The third kappa shape index (κ3) is 2.97. The summed E-state index contributed by atoms with van der Waals surface area (Å²) in [7, 11) is 1.65. The molecule has 0 unspecified atom stereocenters. The van der Waals surface area contributed by atoms with Crippen molar-refractivity contribution in [1.82, 2.24) is 9.97 Å². The van der Waals surface area contributed by atoms with Gasteiger partial charge in [-0.05, 0) is 18.2 Å². The predicted octanol–water partition coefficient (Wildman–Crippen LogP) is 3.28. The third-order valence-electron chi connectivity index (χ3n) is 3.39. The summed E-state index contributed by atoms with van der Waals surface area (Å²) in [5.74, 6) is 1.48. The topological polar surface area (TPSA) is 61.0 Å². The smallest absolute Gasteiger partial charge is 0.160 e. The number of aromatic nitrogens is 2. The molecule has 4 nitrogen and oxygen atoms in total. The Morgan fingerprint density at radius 3 is 2.41 bits per heavy atom. The minimum atomic E-state index is 0.374. The average Bonchev–Trinajstić information content (AvgIpc) is 2.62. The van der Waals surface area contributed by atoms with E-state index in [-0.39, 0.29) is 0 Å². The molecular weight excluding hydrogens is 274 g/mol. The second-order valence-corrected chi connectivity index (χ2v) is 4.87. The van der Waals surface area contributed by atoms with Crippen LogP contribution in [-0.4, -0.2) is 17.1 Å². The van der Waals surface area contributed by atoms with Gasteiger partial charge in [-0.25, -0.2) is 9.97 Å². The van der Waals surface area contributed by atoms with Crippen LogP contribution in [0.25, 0.3) is 22.6 Å². The summed E-state index contributed by atoms with van der Waals surface area (Å²) in [5.41, 5.74) is 9.39.